The van der Waals surface area contributed by atoms with Gasteiger partial charge in [0.25, 0.3) is 0 Å². The Hall–Kier alpha value is -2.94. The molecule has 0 saturated heterocycles. The summed E-state index contributed by atoms with van der Waals surface area (Å²) in [6, 6.07) is 21.6. The van der Waals surface area contributed by atoms with Gasteiger partial charge in [0.2, 0.25) is 11.4 Å². The lowest BCUT2D eigenvalue weighted by atomic mass is 9.93. The van der Waals surface area contributed by atoms with Gasteiger partial charge in [0, 0.05) is 17.7 Å². The van der Waals surface area contributed by atoms with Gasteiger partial charge in [-0.05, 0) is 41.2 Å². The largest absolute Gasteiger partial charge is 0.618 e. The van der Waals surface area contributed by atoms with E-state index >= 15 is 0 Å². The summed E-state index contributed by atoms with van der Waals surface area (Å²) in [5.41, 5.74) is 5.44. The van der Waals surface area contributed by atoms with E-state index in [1.807, 2.05) is 42.5 Å². The van der Waals surface area contributed by atoms with E-state index in [4.69, 9.17) is 4.99 Å². The molecule has 0 bridgehead atoms. The zero-order valence-corrected chi connectivity index (χ0v) is 16.4. The second-order valence-corrected chi connectivity index (χ2v) is 7.35. The maximum atomic E-state index is 12.9. The Morgan fingerprint density at radius 3 is 1.96 bits per heavy atom. The van der Waals surface area contributed by atoms with Crippen molar-refractivity contribution in [3.8, 4) is 11.3 Å². The minimum absolute atomic E-state index is 0.367. The van der Waals surface area contributed by atoms with E-state index < -0.39 is 0 Å². The van der Waals surface area contributed by atoms with Crippen LogP contribution >= 0.6 is 0 Å². The first-order chi connectivity index (χ1) is 13.0. The van der Waals surface area contributed by atoms with Crippen LogP contribution in [0.4, 0.5) is 5.69 Å². The van der Waals surface area contributed by atoms with Gasteiger partial charge in [0.1, 0.15) is 6.21 Å². The van der Waals surface area contributed by atoms with Crippen molar-refractivity contribution in [3.63, 3.8) is 0 Å². The molecule has 27 heavy (non-hydrogen) atoms. The van der Waals surface area contributed by atoms with E-state index in [9.17, 15) is 5.21 Å². The maximum absolute atomic E-state index is 12.9. The standard InChI is InChI=1S/C24H26N2O/c1-17(2)21-13-9-14-22(18(3)4)24(21)25-16-20-12-8-15-23(26(20)27)19-10-6-5-7-11-19/h5-18H,1-4H3. The first kappa shape index (κ1) is 18.8. The number of aromatic nitrogens is 1. The molecule has 2 aromatic carbocycles. The fourth-order valence-corrected chi connectivity index (χ4v) is 3.22. The van der Waals surface area contributed by atoms with Crippen LogP contribution in [0.15, 0.2) is 71.7 Å². The van der Waals surface area contributed by atoms with E-state index in [2.05, 4.69) is 45.9 Å². The molecule has 0 radical (unpaired) electrons. The van der Waals surface area contributed by atoms with Crippen LogP contribution in [0.25, 0.3) is 11.3 Å². The molecule has 3 rings (SSSR count). The Kier molecular flexibility index (Phi) is 5.70. The van der Waals surface area contributed by atoms with Gasteiger partial charge in [0.05, 0.1) is 5.69 Å². The van der Waals surface area contributed by atoms with E-state index in [1.54, 1.807) is 12.3 Å². The Morgan fingerprint density at radius 2 is 1.37 bits per heavy atom. The summed E-state index contributed by atoms with van der Waals surface area (Å²) in [6.45, 7) is 8.68. The molecule has 1 heterocycles. The highest BCUT2D eigenvalue weighted by Gasteiger charge is 2.15. The highest BCUT2D eigenvalue weighted by Crippen LogP contribution is 2.34. The lowest BCUT2D eigenvalue weighted by Gasteiger charge is -2.16. The van der Waals surface area contributed by atoms with E-state index in [-0.39, 0.29) is 0 Å². The summed E-state index contributed by atoms with van der Waals surface area (Å²) in [7, 11) is 0. The summed E-state index contributed by atoms with van der Waals surface area (Å²) in [4.78, 5) is 4.77. The Balaban J connectivity index is 2.05. The van der Waals surface area contributed by atoms with Crippen molar-refractivity contribution < 1.29 is 4.73 Å². The number of nitrogens with zero attached hydrogens (tertiary/aromatic N) is 2. The first-order valence-corrected chi connectivity index (χ1v) is 9.44. The summed E-state index contributed by atoms with van der Waals surface area (Å²) >= 11 is 0. The van der Waals surface area contributed by atoms with E-state index in [1.165, 1.54) is 11.1 Å². The quantitative estimate of drug-likeness (QED) is 0.314. The average molecular weight is 358 g/mol. The van der Waals surface area contributed by atoms with Crippen molar-refractivity contribution in [3.05, 3.63) is 88.8 Å². The number of para-hydroxylation sites is 1. The van der Waals surface area contributed by atoms with Crippen LogP contribution in [0.2, 0.25) is 0 Å². The molecule has 0 atom stereocenters. The molecule has 0 saturated carbocycles. The molecule has 3 heteroatoms. The van der Waals surface area contributed by atoms with Crippen LogP contribution in [0.5, 0.6) is 0 Å². The van der Waals surface area contributed by atoms with Crippen LogP contribution in [0.3, 0.4) is 0 Å². The molecule has 1 aromatic heterocycles. The van der Waals surface area contributed by atoms with Gasteiger partial charge in [0.15, 0.2) is 0 Å². The Bertz CT molecular complexity index is 918. The number of pyridine rings is 1. The Labute approximate surface area is 161 Å². The van der Waals surface area contributed by atoms with Gasteiger partial charge >= 0.3 is 0 Å². The van der Waals surface area contributed by atoms with Crippen molar-refractivity contribution in [2.75, 3.05) is 0 Å². The van der Waals surface area contributed by atoms with Crippen molar-refractivity contribution >= 4 is 11.9 Å². The monoisotopic (exact) mass is 358 g/mol. The van der Waals surface area contributed by atoms with Crippen molar-refractivity contribution in [2.45, 2.75) is 39.5 Å². The zero-order chi connectivity index (χ0) is 19.4. The van der Waals surface area contributed by atoms with Crippen molar-refractivity contribution in [1.82, 2.24) is 0 Å². The number of aliphatic imine (C=N–C) groups is 1. The SMILES string of the molecule is CC(C)c1cccc(C(C)C)c1N=Cc1cccc(-c2ccccc2)[n+]1[O-]. The van der Waals surface area contributed by atoms with Gasteiger partial charge in [-0.1, -0.05) is 64.1 Å². The highest BCUT2D eigenvalue weighted by molar-refractivity contribution is 5.80. The van der Waals surface area contributed by atoms with E-state index in [0.29, 0.717) is 23.2 Å². The molecule has 0 fully saturated rings. The molecule has 0 aliphatic heterocycles. The second-order valence-electron chi connectivity index (χ2n) is 7.35. The third-order valence-corrected chi connectivity index (χ3v) is 4.71. The third-order valence-electron chi connectivity index (χ3n) is 4.71. The molecular weight excluding hydrogens is 332 g/mol. The average Bonchev–Trinajstić information content (AvgIpc) is 2.67. The maximum Gasteiger partial charge on any atom is 0.235 e. The summed E-state index contributed by atoms with van der Waals surface area (Å²) in [5, 5.41) is 12.9. The predicted octanol–water partition coefficient (Wildman–Crippen LogP) is 5.98. The highest BCUT2D eigenvalue weighted by atomic mass is 16.5. The molecule has 3 nitrogen and oxygen atoms in total. The lowest BCUT2D eigenvalue weighted by molar-refractivity contribution is -0.594. The van der Waals surface area contributed by atoms with Crippen LogP contribution < -0.4 is 4.73 Å². The van der Waals surface area contributed by atoms with Gasteiger partial charge in [-0.3, -0.25) is 0 Å². The third kappa shape index (κ3) is 4.08. The number of hydrogen-bond acceptors (Lipinski definition) is 2. The van der Waals surface area contributed by atoms with Crippen LogP contribution in [-0.4, -0.2) is 6.21 Å². The normalized spacial score (nSPS) is 11.6. The fourth-order valence-electron chi connectivity index (χ4n) is 3.22. The van der Waals surface area contributed by atoms with Gasteiger partial charge < -0.3 is 5.21 Å². The smallest absolute Gasteiger partial charge is 0.235 e. The fraction of sp³-hybridized carbons (Fsp3) is 0.250. The topological polar surface area (TPSA) is 39.3 Å². The summed E-state index contributed by atoms with van der Waals surface area (Å²) in [6.07, 6.45) is 1.69. The summed E-state index contributed by atoms with van der Waals surface area (Å²) in [5.74, 6) is 0.733. The minimum atomic E-state index is 0.367. The number of rotatable bonds is 5. The van der Waals surface area contributed by atoms with Gasteiger partial charge in [-0.25, -0.2) is 4.99 Å². The van der Waals surface area contributed by atoms with Crippen LogP contribution in [0, 0.1) is 5.21 Å². The van der Waals surface area contributed by atoms with E-state index in [0.717, 1.165) is 16.0 Å². The second kappa shape index (κ2) is 8.17. The molecule has 0 unspecified atom stereocenters. The summed E-state index contributed by atoms with van der Waals surface area (Å²) < 4.78 is 0.950. The lowest BCUT2D eigenvalue weighted by Crippen LogP contribution is -2.34. The van der Waals surface area contributed by atoms with Gasteiger partial charge in [-0.2, -0.15) is 4.73 Å². The molecule has 0 amide bonds. The van der Waals surface area contributed by atoms with Crippen molar-refractivity contribution in [1.29, 1.82) is 0 Å². The van der Waals surface area contributed by atoms with Gasteiger partial charge in [-0.15, -0.1) is 0 Å². The molecule has 0 aliphatic rings. The van der Waals surface area contributed by atoms with Crippen molar-refractivity contribution in [2.24, 2.45) is 4.99 Å². The first-order valence-electron chi connectivity index (χ1n) is 9.44. The number of hydrogen-bond donors (Lipinski definition) is 0. The predicted molar refractivity (Wildman–Crippen MR) is 113 cm³/mol. The Morgan fingerprint density at radius 1 is 0.778 bits per heavy atom. The molecule has 3 aromatic rings. The van der Waals surface area contributed by atoms with Crippen LogP contribution in [-0.2, 0) is 0 Å². The van der Waals surface area contributed by atoms with Crippen LogP contribution in [0.1, 0.15) is 56.4 Å². The molecule has 0 aliphatic carbocycles. The molecular formula is C24H26N2O. The zero-order valence-electron chi connectivity index (χ0n) is 16.4. The molecule has 138 valence electrons. The molecule has 0 N–H and O–H groups in total. The number of benzene rings is 2. The molecule has 0 spiro atoms. The minimum Gasteiger partial charge on any atom is -0.618 e.